The van der Waals surface area contributed by atoms with Crippen molar-refractivity contribution in [2.75, 3.05) is 13.1 Å². The average Bonchev–Trinajstić information content (AvgIpc) is 2.76. The molecule has 2 rings (SSSR count). The average molecular weight is 249 g/mol. The molecule has 5 nitrogen and oxygen atoms in total. The van der Waals surface area contributed by atoms with Crippen LogP contribution in [0.4, 0.5) is 0 Å². The van der Waals surface area contributed by atoms with Crippen LogP contribution in [0.25, 0.3) is 6.08 Å². The molecule has 96 valence electrons. The first kappa shape index (κ1) is 12.4. The lowest BCUT2D eigenvalue weighted by Crippen LogP contribution is -2.53. The SMILES string of the molecule is CC(C(=O)O)C1CN(C(=O)/C=C/c2ccco2)C1. The van der Waals surface area contributed by atoms with Crippen LogP contribution in [-0.4, -0.2) is 35.0 Å². The Morgan fingerprint density at radius 3 is 2.83 bits per heavy atom. The van der Waals surface area contributed by atoms with Gasteiger partial charge in [-0.25, -0.2) is 0 Å². The summed E-state index contributed by atoms with van der Waals surface area (Å²) >= 11 is 0. The second-order valence-corrected chi connectivity index (χ2v) is 4.48. The quantitative estimate of drug-likeness (QED) is 0.820. The van der Waals surface area contributed by atoms with Gasteiger partial charge in [0.15, 0.2) is 0 Å². The van der Waals surface area contributed by atoms with Crippen molar-refractivity contribution in [2.45, 2.75) is 6.92 Å². The van der Waals surface area contributed by atoms with Crippen LogP contribution in [-0.2, 0) is 9.59 Å². The van der Waals surface area contributed by atoms with Crippen molar-refractivity contribution in [1.82, 2.24) is 4.90 Å². The Kier molecular flexibility index (Phi) is 3.50. The van der Waals surface area contributed by atoms with E-state index in [2.05, 4.69) is 0 Å². The summed E-state index contributed by atoms with van der Waals surface area (Å²) in [4.78, 5) is 24.1. The highest BCUT2D eigenvalue weighted by Gasteiger charge is 2.36. The Morgan fingerprint density at radius 2 is 2.28 bits per heavy atom. The van der Waals surface area contributed by atoms with Gasteiger partial charge < -0.3 is 14.4 Å². The zero-order valence-electron chi connectivity index (χ0n) is 10.1. The number of carboxylic acid groups (broad SMARTS) is 1. The lowest BCUT2D eigenvalue weighted by atomic mass is 9.87. The largest absolute Gasteiger partial charge is 0.481 e. The molecule has 1 atom stereocenters. The third-order valence-corrected chi connectivity index (χ3v) is 3.25. The third-order valence-electron chi connectivity index (χ3n) is 3.25. The van der Waals surface area contributed by atoms with Crippen LogP contribution >= 0.6 is 0 Å². The zero-order valence-corrected chi connectivity index (χ0v) is 10.1. The molecule has 1 unspecified atom stereocenters. The fourth-order valence-electron chi connectivity index (χ4n) is 1.86. The Labute approximate surface area is 105 Å². The number of furan rings is 1. The summed E-state index contributed by atoms with van der Waals surface area (Å²) in [6.07, 6.45) is 4.59. The first-order valence-electron chi connectivity index (χ1n) is 5.81. The van der Waals surface area contributed by atoms with Crippen molar-refractivity contribution in [2.24, 2.45) is 11.8 Å². The van der Waals surface area contributed by atoms with Gasteiger partial charge in [-0.1, -0.05) is 6.92 Å². The summed E-state index contributed by atoms with van der Waals surface area (Å²) in [6.45, 7) is 2.69. The molecular weight excluding hydrogens is 234 g/mol. The van der Waals surface area contributed by atoms with E-state index in [1.54, 1.807) is 36.3 Å². The van der Waals surface area contributed by atoms with Crippen LogP contribution in [0.2, 0.25) is 0 Å². The lowest BCUT2D eigenvalue weighted by molar-refractivity contribution is -0.148. The molecule has 0 spiro atoms. The van der Waals surface area contributed by atoms with E-state index < -0.39 is 11.9 Å². The van der Waals surface area contributed by atoms with Crippen molar-refractivity contribution in [3.63, 3.8) is 0 Å². The van der Waals surface area contributed by atoms with E-state index in [-0.39, 0.29) is 11.8 Å². The van der Waals surface area contributed by atoms with Crippen molar-refractivity contribution in [3.05, 3.63) is 30.2 Å². The van der Waals surface area contributed by atoms with E-state index in [9.17, 15) is 9.59 Å². The Morgan fingerprint density at radius 1 is 1.56 bits per heavy atom. The molecule has 5 heteroatoms. The van der Waals surface area contributed by atoms with E-state index in [0.717, 1.165) is 0 Å². The summed E-state index contributed by atoms with van der Waals surface area (Å²) in [5, 5.41) is 8.84. The topological polar surface area (TPSA) is 70.8 Å². The normalized spacial score (nSPS) is 17.7. The van der Waals surface area contributed by atoms with Crippen LogP contribution in [0.3, 0.4) is 0 Å². The van der Waals surface area contributed by atoms with Crippen LogP contribution in [0.15, 0.2) is 28.9 Å². The molecule has 1 N–H and O–H groups in total. The van der Waals surface area contributed by atoms with E-state index >= 15 is 0 Å². The summed E-state index contributed by atoms with van der Waals surface area (Å²) in [5.74, 6) is -0.635. The third kappa shape index (κ3) is 2.61. The maximum absolute atomic E-state index is 11.7. The molecule has 1 amide bonds. The Bertz CT molecular complexity index is 457. The second kappa shape index (κ2) is 5.08. The summed E-state index contributed by atoms with van der Waals surface area (Å²) in [5.41, 5.74) is 0. The van der Waals surface area contributed by atoms with Gasteiger partial charge in [-0.3, -0.25) is 9.59 Å². The maximum atomic E-state index is 11.7. The first-order valence-corrected chi connectivity index (χ1v) is 5.81. The number of nitrogens with zero attached hydrogens (tertiary/aromatic N) is 1. The summed E-state index contributed by atoms with van der Waals surface area (Å²) < 4.78 is 5.07. The van der Waals surface area contributed by atoms with Crippen LogP contribution in [0, 0.1) is 11.8 Å². The van der Waals surface area contributed by atoms with Crippen molar-refractivity contribution in [1.29, 1.82) is 0 Å². The number of carbonyl (C=O) groups is 2. The lowest BCUT2D eigenvalue weighted by Gasteiger charge is -2.40. The van der Waals surface area contributed by atoms with Crippen molar-refractivity contribution in [3.8, 4) is 0 Å². The molecule has 1 fully saturated rings. The molecule has 2 heterocycles. The predicted molar refractivity (Wildman–Crippen MR) is 64.6 cm³/mol. The number of hydrogen-bond acceptors (Lipinski definition) is 3. The Balaban J connectivity index is 1.82. The molecule has 1 saturated heterocycles. The minimum Gasteiger partial charge on any atom is -0.481 e. The molecular formula is C13H15NO4. The summed E-state index contributed by atoms with van der Waals surface area (Å²) in [7, 11) is 0. The first-order chi connectivity index (χ1) is 8.58. The van der Waals surface area contributed by atoms with Gasteiger partial charge in [0.2, 0.25) is 5.91 Å². The minimum atomic E-state index is -0.807. The molecule has 0 saturated carbocycles. The van der Waals surface area contributed by atoms with Gasteiger partial charge in [-0.05, 0) is 18.2 Å². The molecule has 18 heavy (non-hydrogen) atoms. The molecule has 0 aromatic carbocycles. The molecule has 1 aromatic heterocycles. The van der Waals surface area contributed by atoms with Crippen molar-refractivity contribution < 1.29 is 19.1 Å². The molecule has 1 aromatic rings. The number of likely N-dealkylation sites (tertiary alicyclic amines) is 1. The van der Waals surface area contributed by atoms with E-state index in [1.165, 1.54) is 6.08 Å². The monoisotopic (exact) mass is 249 g/mol. The van der Waals surface area contributed by atoms with Crippen LogP contribution in [0.1, 0.15) is 12.7 Å². The number of rotatable bonds is 4. The van der Waals surface area contributed by atoms with E-state index in [4.69, 9.17) is 9.52 Å². The number of aliphatic carboxylic acids is 1. The molecule has 0 bridgehead atoms. The molecule has 0 aliphatic carbocycles. The number of hydrogen-bond donors (Lipinski definition) is 1. The van der Waals surface area contributed by atoms with Gasteiger partial charge >= 0.3 is 5.97 Å². The molecule has 1 aliphatic rings. The highest BCUT2D eigenvalue weighted by molar-refractivity contribution is 5.92. The molecule has 0 radical (unpaired) electrons. The second-order valence-electron chi connectivity index (χ2n) is 4.48. The smallest absolute Gasteiger partial charge is 0.306 e. The maximum Gasteiger partial charge on any atom is 0.306 e. The van der Waals surface area contributed by atoms with Crippen molar-refractivity contribution >= 4 is 18.0 Å². The van der Waals surface area contributed by atoms with Gasteiger partial charge in [0, 0.05) is 25.1 Å². The fourth-order valence-corrected chi connectivity index (χ4v) is 1.86. The standard InChI is InChI=1S/C13H15NO4/c1-9(13(16)17)10-7-14(8-10)12(15)5-4-11-3-2-6-18-11/h2-6,9-10H,7-8H2,1H3,(H,16,17)/b5-4+. The van der Waals surface area contributed by atoms with Gasteiger partial charge in [0.1, 0.15) is 5.76 Å². The van der Waals surface area contributed by atoms with Gasteiger partial charge in [0.25, 0.3) is 0 Å². The summed E-state index contributed by atoms with van der Waals surface area (Å²) in [6, 6.07) is 3.51. The Hall–Kier alpha value is -2.04. The van der Waals surface area contributed by atoms with E-state index in [1.807, 2.05) is 0 Å². The van der Waals surface area contributed by atoms with Gasteiger partial charge in [-0.15, -0.1) is 0 Å². The number of amides is 1. The van der Waals surface area contributed by atoms with E-state index in [0.29, 0.717) is 18.8 Å². The highest BCUT2D eigenvalue weighted by atomic mass is 16.4. The number of carboxylic acids is 1. The molecule has 1 aliphatic heterocycles. The number of carbonyl (C=O) groups excluding carboxylic acids is 1. The van der Waals surface area contributed by atoms with Gasteiger partial charge in [-0.2, -0.15) is 0 Å². The van der Waals surface area contributed by atoms with Gasteiger partial charge in [0.05, 0.1) is 12.2 Å². The zero-order chi connectivity index (χ0) is 13.1. The minimum absolute atomic E-state index is 0.0588. The highest BCUT2D eigenvalue weighted by Crippen LogP contribution is 2.24. The predicted octanol–water partition coefficient (Wildman–Crippen LogP) is 1.47. The fraction of sp³-hybridized carbons (Fsp3) is 0.385. The van der Waals surface area contributed by atoms with Crippen LogP contribution < -0.4 is 0 Å². The van der Waals surface area contributed by atoms with Crippen LogP contribution in [0.5, 0.6) is 0 Å².